The minimum absolute atomic E-state index is 0.264. The molecule has 0 aliphatic rings. The van der Waals surface area contributed by atoms with E-state index >= 15 is 0 Å². The van der Waals surface area contributed by atoms with Crippen molar-refractivity contribution in [1.82, 2.24) is 10.6 Å². The molecule has 3 N–H and O–H groups in total. The Hall–Kier alpha value is -1.35. The van der Waals surface area contributed by atoms with E-state index in [4.69, 9.17) is 5.11 Å². The number of carboxylic acids is 1. The molecule has 0 aromatic carbocycles. The van der Waals surface area contributed by atoms with Crippen LogP contribution in [0, 0.1) is 0 Å². The molecule has 0 saturated carbocycles. The van der Waals surface area contributed by atoms with Gasteiger partial charge in [0.1, 0.15) is 0 Å². The van der Waals surface area contributed by atoms with Crippen molar-refractivity contribution in [1.29, 1.82) is 0 Å². The van der Waals surface area contributed by atoms with E-state index in [9.17, 15) is 22.8 Å². The number of methoxy groups -OCH3 is 1. The van der Waals surface area contributed by atoms with Crippen LogP contribution in [0.2, 0.25) is 0 Å². The average Bonchev–Trinajstić information content (AvgIpc) is 2.22. The fourth-order valence-electron chi connectivity index (χ4n) is 0.945. The summed E-state index contributed by atoms with van der Waals surface area (Å²) in [5.41, 5.74) is -3.30. The zero-order valence-electron chi connectivity index (χ0n) is 9.93. The second-order valence-electron chi connectivity index (χ2n) is 3.65. The topological polar surface area (TPSA) is 87.7 Å². The van der Waals surface area contributed by atoms with Gasteiger partial charge < -0.3 is 20.5 Å². The highest BCUT2D eigenvalue weighted by molar-refractivity contribution is 5.88. The van der Waals surface area contributed by atoms with E-state index in [2.05, 4.69) is 10.1 Å². The van der Waals surface area contributed by atoms with E-state index in [1.165, 1.54) is 12.4 Å². The second-order valence-corrected chi connectivity index (χ2v) is 3.65. The van der Waals surface area contributed by atoms with Gasteiger partial charge >= 0.3 is 12.1 Å². The molecular weight excluding hydrogens is 257 g/mol. The van der Waals surface area contributed by atoms with Gasteiger partial charge in [0.05, 0.1) is 13.2 Å². The zero-order chi connectivity index (χ0) is 14.4. The van der Waals surface area contributed by atoms with Crippen molar-refractivity contribution in [2.24, 2.45) is 0 Å². The van der Waals surface area contributed by atoms with Crippen molar-refractivity contribution in [2.75, 3.05) is 26.8 Å². The van der Waals surface area contributed by atoms with Crippen molar-refractivity contribution in [3.63, 3.8) is 0 Å². The van der Waals surface area contributed by atoms with Crippen LogP contribution in [0.15, 0.2) is 0 Å². The number of carbonyl (C=O) groups is 2. The first kappa shape index (κ1) is 16.6. The number of ether oxygens (including phenoxy) is 1. The highest BCUT2D eigenvalue weighted by atomic mass is 19.4. The third-order valence-electron chi connectivity index (χ3n) is 2.15. The van der Waals surface area contributed by atoms with Gasteiger partial charge in [-0.1, -0.05) is 0 Å². The smallest absolute Gasteiger partial charge is 0.422 e. The summed E-state index contributed by atoms with van der Waals surface area (Å²) in [5, 5.41) is 12.5. The number of halogens is 3. The van der Waals surface area contributed by atoms with Crippen molar-refractivity contribution in [2.45, 2.75) is 18.6 Å². The Morgan fingerprint density at radius 3 is 2.28 bits per heavy atom. The number of rotatable bonds is 7. The maximum atomic E-state index is 12.5. The maximum absolute atomic E-state index is 12.5. The number of amides is 1. The Morgan fingerprint density at radius 2 is 1.89 bits per heavy atom. The summed E-state index contributed by atoms with van der Waals surface area (Å²) >= 11 is 0. The van der Waals surface area contributed by atoms with Gasteiger partial charge in [0, 0.05) is 13.7 Å². The predicted octanol–water partition coefficient (Wildman–Crippen LogP) is -0.256. The summed E-state index contributed by atoms with van der Waals surface area (Å²) in [4.78, 5) is 21.8. The molecular formula is C9H15F3N2O4. The van der Waals surface area contributed by atoms with Gasteiger partial charge in [-0.2, -0.15) is 13.2 Å². The summed E-state index contributed by atoms with van der Waals surface area (Å²) in [6, 6.07) is 0. The molecule has 0 bridgehead atoms. The lowest BCUT2D eigenvalue weighted by Crippen LogP contribution is -2.63. The maximum Gasteiger partial charge on any atom is 0.422 e. The van der Waals surface area contributed by atoms with Gasteiger partial charge in [0.2, 0.25) is 11.4 Å². The SMILES string of the molecule is COCCNCC(=O)NC(C)(C(=O)O)C(F)(F)F. The van der Waals surface area contributed by atoms with Crippen molar-refractivity contribution in [3.8, 4) is 0 Å². The molecule has 0 heterocycles. The van der Waals surface area contributed by atoms with Crippen molar-refractivity contribution >= 4 is 11.9 Å². The number of hydrogen-bond acceptors (Lipinski definition) is 4. The minimum Gasteiger partial charge on any atom is -0.479 e. The summed E-state index contributed by atoms with van der Waals surface area (Å²) in [7, 11) is 1.42. The van der Waals surface area contributed by atoms with Gasteiger partial charge in [-0.3, -0.25) is 4.79 Å². The highest BCUT2D eigenvalue weighted by Crippen LogP contribution is 2.30. The lowest BCUT2D eigenvalue weighted by atomic mass is 10.0. The Labute approximate surface area is 101 Å². The van der Waals surface area contributed by atoms with E-state index in [1.807, 2.05) is 0 Å². The molecule has 6 nitrogen and oxygen atoms in total. The second kappa shape index (κ2) is 6.55. The van der Waals surface area contributed by atoms with Crippen LogP contribution in [-0.2, 0) is 14.3 Å². The van der Waals surface area contributed by atoms with E-state index in [0.717, 1.165) is 0 Å². The number of alkyl halides is 3. The van der Waals surface area contributed by atoms with Crippen molar-refractivity contribution < 1.29 is 32.6 Å². The molecule has 1 atom stereocenters. The van der Waals surface area contributed by atoms with Crippen LogP contribution in [0.4, 0.5) is 13.2 Å². The first-order chi connectivity index (χ1) is 8.15. The number of nitrogens with one attached hydrogen (secondary N) is 2. The number of carbonyl (C=O) groups excluding carboxylic acids is 1. The lowest BCUT2D eigenvalue weighted by Gasteiger charge is -2.28. The van der Waals surface area contributed by atoms with E-state index in [1.54, 1.807) is 0 Å². The van der Waals surface area contributed by atoms with E-state index in [-0.39, 0.29) is 13.2 Å². The normalized spacial score (nSPS) is 14.9. The molecule has 0 aromatic heterocycles. The molecule has 0 aliphatic heterocycles. The van der Waals surface area contributed by atoms with Gasteiger partial charge in [-0.25, -0.2) is 4.79 Å². The first-order valence-electron chi connectivity index (χ1n) is 4.96. The molecule has 0 aliphatic carbocycles. The molecule has 1 amide bonds. The zero-order valence-corrected chi connectivity index (χ0v) is 9.93. The lowest BCUT2D eigenvalue weighted by molar-refractivity contribution is -0.206. The fraction of sp³-hybridized carbons (Fsp3) is 0.778. The summed E-state index contributed by atoms with van der Waals surface area (Å²) in [6.07, 6.45) is -5.08. The van der Waals surface area contributed by atoms with Crippen LogP contribution in [0.1, 0.15) is 6.92 Å². The summed E-state index contributed by atoms with van der Waals surface area (Å²) < 4.78 is 42.2. The van der Waals surface area contributed by atoms with Crippen LogP contribution in [0.25, 0.3) is 0 Å². The van der Waals surface area contributed by atoms with Crippen LogP contribution in [0.3, 0.4) is 0 Å². The molecule has 18 heavy (non-hydrogen) atoms. The van der Waals surface area contributed by atoms with Gasteiger partial charge in [0.25, 0.3) is 0 Å². The molecule has 1 unspecified atom stereocenters. The van der Waals surface area contributed by atoms with Crippen LogP contribution >= 0.6 is 0 Å². The van der Waals surface area contributed by atoms with Gasteiger partial charge in [0.15, 0.2) is 0 Å². The predicted molar refractivity (Wildman–Crippen MR) is 55.0 cm³/mol. The van der Waals surface area contributed by atoms with E-state index in [0.29, 0.717) is 6.92 Å². The highest BCUT2D eigenvalue weighted by Gasteiger charge is 2.58. The summed E-state index contributed by atoms with van der Waals surface area (Å²) in [5.74, 6) is -3.23. The largest absolute Gasteiger partial charge is 0.479 e. The monoisotopic (exact) mass is 272 g/mol. The molecule has 106 valence electrons. The standard InChI is InChI=1S/C9H15F3N2O4/c1-8(7(16)17,9(10,11)12)14-6(15)5-13-3-4-18-2/h13H,3-5H2,1-2H3,(H,14,15)(H,16,17). The number of carboxylic acid groups (broad SMARTS) is 1. The van der Waals surface area contributed by atoms with Crippen LogP contribution in [-0.4, -0.2) is 55.5 Å². The quantitative estimate of drug-likeness (QED) is 0.556. The minimum atomic E-state index is -5.08. The average molecular weight is 272 g/mol. The van der Waals surface area contributed by atoms with Crippen LogP contribution < -0.4 is 10.6 Å². The number of aliphatic carboxylic acids is 1. The Kier molecular flexibility index (Phi) is 6.06. The Morgan fingerprint density at radius 1 is 1.33 bits per heavy atom. The van der Waals surface area contributed by atoms with E-state index < -0.39 is 30.1 Å². The molecule has 0 aromatic rings. The summed E-state index contributed by atoms with van der Waals surface area (Å²) in [6.45, 7) is 0.507. The molecule has 9 heteroatoms. The third kappa shape index (κ3) is 4.49. The fourth-order valence-corrected chi connectivity index (χ4v) is 0.945. The Bertz CT molecular complexity index is 309. The molecule has 0 radical (unpaired) electrons. The van der Waals surface area contributed by atoms with Gasteiger partial charge in [-0.05, 0) is 6.92 Å². The number of hydrogen-bond donors (Lipinski definition) is 3. The molecule has 0 spiro atoms. The first-order valence-corrected chi connectivity index (χ1v) is 4.96. The Balaban J connectivity index is 4.44. The van der Waals surface area contributed by atoms with Gasteiger partial charge in [-0.15, -0.1) is 0 Å². The molecule has 0 rings (SSSR count). The third-order valence-corrected chi connectivity index (χ3v) is 2.15. The molecule has 0 saturated heterocycles. The van der Waals surface area contributed by atoms with Crippen LogP contribution in [0.5, 0.6) is 0 Å². The molecule has 0 fully saturated rings. The van der Waals surface area contributed by atoms with Crippen molar-refractivity contribution in [3.05, 3.63) is 0 Å².